The SMILES string of the molecule is COC(=O)C(Nc1ccc(OC)cc1)c1ccc(Cl)cc1. The van der Waals surface area contributed by atoms with Gasteiger partial charge in [0.1, 0.15) is 5.75 Å². The molecule has 0 saturated carbocycles. The molecule has 110 valence electrons. The van der Waals surface area contributed by atoms with Crippen LogP contribution >= 0.6 is 11.6 Å². The number of esters is 1. The number of halogens is 1. The second kappa shape index (κ2) is 6.99. The second-order valence-corrected chi connectivity index (χ2v) is 4.82. The molecule has 0 spiro atoms. The van der Waals surface area contributed by atoms with Gasteiger partial charge in [-0.1, -0.05) is 23.7 Å². The molecule has 4 nitrogen and oxygen atoms in total. The molecule has 1 N–H and O–H groups in total. The lowest BCUT2D eigenvalue weighted by Gasteiger charge is -2.18. The number of nitrogens with one attached hydrogen (secondary N) is 1. The number of hydrogen-bond acceptors (Lipinski definition) is 4. The van der Waals surface area contributed by atoms with Gasteiger partial charge in [0.05, 0.1) is 14.2 Å². The second-order valence-electron chi connectivity index (χ2n) is 4.38. The smallest absolute Gasteiger partial charge is 0.332 e. The number of methoxy groups -OCH3 is 2. The van der Waals surface area contributed by atoms with Crippen LogP contribution in [0.1, 0.15) is 11.6 Å². The first-order valence-electron chi connectivity index (χ1n) is 6.38. The summed E-state index contributed by atoms with van der Waals surface area (Å²) in [7, 11) is 2.97. The van der Waals surface area contributed by atoms with Crippen molar-refractivity contribution in [3.63, 3.8) is 0 Å². The molecule has 2 aromatic rings. The van der Waals surface area contributed by atoms with E-state index in [0.717, 1.165) is 17.0 Å². The maximum Gasteiger partial charge on any atom is 0.332 e. The van der Waals surface area contributed by atoms with E-state index in [0.29, 0.717) is 5.02 Å². The Balaban J connectivity index is 2.23. The fourth-order valence-electron chi connectivity index (χ4n) is 1.91. The Kier molecular flexibility index (Phi) is 5.06. The molecular formula is C16H16ClNO3. The summed E-state index contributed by atoms with van der Waals surface area (Å²) >= 11 is 5.87. The van der Waals surface area contributed by atoms with Gasteiger partial charge in [0.25, 0.3) is 0 Å². The highest BCUT2D eigenvalue weighted by Crippen LogP contribution is 2.24. The van der Waals surface area contributed by atoms with Crippen LogP contribution in [0, 0.1) is 0 Å². The van der Waals surface area contributed by atoms with E-state index >= 15 is 0 Å². The zero-order chi connectivity index (χ0) is 15.2. The highest BCUT2D eigenvalue weighted by Gasteiger charge is 2.21. The van der Waals surface area contributed by atoms with Crippen molar-refractivity contribution in [3.8, 4) is 5.75 Å². The Labute approximate surface area is 128 Å². The first-order valence-corrected chi connectivity index (χ1v) is 6.75. The quantitative estimate of drug-likeness (QED) is 0.856. The average molecular weight is 306 g/mol. The lowest BCUT2D eigenvalue weighted by Crippen LogP contribution is -2.22. The summed E-state index contributed by atoms with van der Waals surface area (Å²) in [6, 6.07) is 13.8. The standard InChI is InChI=1S/C16H16ClNO3/c1-20-14-9-7-13(8-10-14)18-15(16(19)21-2)11-3-5-12(17)6-4-11/h3-10,15,18H,1-2H3. The van der Waals surface area contributed by atoms with Gasteiger partial charge in [-0.2, -0.15) is 0 Å². The lowest BCUT2D eigenvalue weighted by molar-refractivity contribution is -0.141. The summed E-state index contributed by atoms with van der Waals surface area (Å²) in [6.45, 7) is 0. The molecule has 1 atom stereocenters. The lowest BCUT2D eigenvalue weighted by atomic mass is 10.1. The first kappa shape index (κ1) is 15.2. The molecule has 5 heteroatoms. The molecule has 0 amide bonds. The molecule has 0 bridgehead atoms. The number of rotatable bonds is 5. The van der Waals surface area contributed by atoms with Crippen molar-refractivity contribution in [1.82, 2.24) is 0 Å². The van der Waals surface area contributed by atoms with E-state index in [9.17, 15) is 4.79 Å². The van der Waals surface area contributed by atoms with Crippen LogP contribution in [0.3, 0.4) is 0 Å². The van der Waals surface area contributed by atoms with E-state index in [4.69, 9.17) is 21.1 Å². The van der Waals surface area contributed by atoms with Crippen LogP contribution in [0.5, 0.6) is 5.75 Å². The molecule has 0 fully saturated rings. The van der Waals surface area contributed by atoms with E-state index in [2.05, 4.69) is 5.32 Å². The molecule has 0 aliphatic heterocycles. The van der Waals surface area contributed by atoms with Crippen LogP contribution in [0.15, 0.2) is 48.5 Å². The summed E-state index contributed by atoms with van der Waals surface area (Å²) < 4.78 is 9.96. The maximum atomic E-state index is 12.0. The van der Waals surface area contributed by atoms with Gasteiger partial charge < -0.3 is 14.8 Å². The summed E-state index contributed by atoms with van der Waals surface area (Å²) in [5.74, 6) is 0.384. The largest absolute Gasteiger partial charge is 0.497 e. The van der Waals surface area contributed by atoms with Gasteiger partial charge in [0, 0.05) is 10.7 Å². The predicted octanol–water partition coefficient (Wildman–Crippen LogP) is 3.67. The van der Waals surface area contributed by atoms with Crippen LogP contribution in [0.4, 0.5) is 5.69 Å². The van der Waals surface area contributed by atoms with Crippen molar-refractivity contribution >= 4 is 23.3 Å². The molecule has 0 aliphatic rings. The summed E-state index contributed by atoms with van der Waals surface area (Å²) in [5, 5.41) is 3.76. The van der Waals surface area contributed by atoms with E-state index in [1.165, 1.54) is 7.11 Å². The molecule has 0 saturated heterocycles. The highest BCUT2D eigenvalue weighted by molar-refractivity contribution is 6.30. The molecular weight excluding hydrogens is 290 g/mol. The number of hydrogen-bond donors (Lipinski definition) is 1. The van der Waals surface area contributed by atoms with Gasteiger partial charge >= 0.3 is 5.97 Å². The summed E-state index contributed by atoms with van der Waals surface area (Å²) in [6.07, 6.45) is 0. The van der Waals surface area contributed by atoms with Crippen LogP contribution in [0.2, 0.25) is 5.02 Å². The van der Waals surface area contributed by atoms with Gasteiger partial charge in [-0.15, -0.1) is 0 Å². The van der Waals surface area contributed by atoms with Crippen LogP contribution in [0.25, 0.3) is 0 Å². The molecule has 21 heavy (non-hydrogen) atoms. The molecule has 2 aromatic carbocycles. The van der Waals surface area contributed by atoms with Gasteiger partial charge in [0.15, 0.2) is 6.04 Å². The van der Waals surface area contributed by atoms with Crippen molar-refractivity contribution in [2.75, 3.05) is 19.5 Å². The fraction of sp³-hybridized carbons (Fsp3) is 0.188. The normalized spacial score (nSPS) is 11.6. The third-order valence-corrected chi connectivity index (χ3v) is 3.29. The van der Waals surface area contributed by atoms with Crippen LogP contribution < -0.4 is 10.1 Å². The number of carbonyl (C=O) groups is 1. The van der Waals surface area contributed by atoms with E-state index in [-0.39, 0.29) is 5.97 Å². The molecule has 0 aliphatic carbocycles. The maximum absolute atomic E-state index is 12.0. The van der Waals surface area contributed by atoms with Crippen molar-refractivity contribution < 1.29 is 14.3 Å². The van der Waals surface area contributed by atoms with Crippen molar-refractivity contribution in [2.45, 2.75) is 6.04 Å². The zero-order valence-electron chi connectivity index (χ0n) is 11.8. The molecule has 0 aromatic heterocycles. The van der Waals surface area contributed by atoms with Gasteiger partial charge in [-0.3, -0.25) is 0 Å². The molecule has 0 heterocycles. The fourth-order valence-corrected chi connectivity index (χ4v) is 2.03. The van der Waals surface area contributed by atoms with Gasteiger partial charge in [-0.25, -0.2) is 4.79 Å². The minimum Gasteiger partial charge on any atom is -0.497 e. The third-order valence-electron chi connectivity index (χ3n) is 3.04. The minimum absolute atomic E-state index is 0.367. The van der Waals surface area contributed by atoms with Crippen molar-refractivity contribution in [3.05, 3.63) is 59.1 Å². The third kappa shape index (κ3) is 3.89. The van der Waals surface area contributed by atoms with Crippen LogP contribution in [-0.2, 0) is 9.53 Å². The van der Waals surface area contributed by atoms with Gasteiger partial charge in [-0.05, 0) is 42.0 Å². The Bertz CT molecular complexity index is 596. The van der Waals surface area contributed by atoms with Crippen molar-refractivity contribution in [1.29, 1.82) is 0 Å². The number of ether oxygens (including phenoxy) is 2. The van der Waals surface area contributed by atoms with Crippen LogP contribution in [-0.4, -0.2) is 20.2 Å². The first-order chi connectivity index (χ1) is 10.1. The average Bonchev–Trinajstić information content (AvgIpc) is 2.53. The number of carbonyl (C=O) groups excluding carboxylic acids is 1. The summed E-state index contributed by atoms with van der Waals surface area (Å²) in [4.78, 5) is 12.0. The Morgan fingerprint density at radius 3 is 2.19 bits per heavy atom. The molecule has 0 radical (unpaired) electrons. The monoisotopic (exact) mass is 305 g/mol. The summed E-state index contributed by atoms with van der Waals surface area (Å²) in [5.41, 5.74) is 1.57. The molecule has 1 unspecified atom stereocenters. The Morgan fingerprint density at radius 1 is 1.05 bits per heavy atom. The Hall–Kier alpha value is -2.20. The number of anilines is 1. The van der Waals surface area contributed by atoms with E-state index in [1.807, 2.05) is 24.3 Å². The van der Waals surface area contributed by atoms with E-state index in [1.54, 1.807) is 31.4 Å². The Morgan fingerprint density at radius 2 is 1.67 bits per heavy atom. The van der Waals surface area contributed by atoms with Crippen molar-refractivity contribution in [2.24, 2.45) is 0 Å². The number of benzene rings is 2. The molecule has 2 rings (SSSR count). The predicted molar refractivity (Wildman–Crippen MR) is 82.8 cm³/mol. The topological polar surface area (TPSA) is 47.6 Å². The minimum atomic E-state index is -0.597. The van der Waals surface area contributed by atoms with E-state index < -0.39 is 6.04 Å². The highest BCUT2D eigenvalue weighted by atomic mass is 35.5. The zero-order valence-corrected chi connectivity index (χ0v) is 12.6. The van der Waals surface area contributed by atoms with Gasteiger partial charge in [0.2, 0.25) is 0 Å².